The molecule has 2 aromatic heterocycles. The van der Waals surface area contributed by atoms with Crippen molar-refractivity contribution < 1.29 is 14.3 Å². The number of aryl methyl sites for hydroxylation is 1. The smallest absolute Gasteiger partial charge is 0.272 e. The van der Waals surface area contributed by atoms with Crippen LogP contribution in [0.2, 0.25) is 0 Å². The van der Waals surface area contributed by atoms with Crippen molar-refractivity contribution in [3.8, 4) is 5.88 Å². The highest BCUT2D eigenvalue weighted by molar-refractivity contribution is 5.94. The van der Waals surface area contributed by atoms with Gasteiger partial charge in [-0.2, -0.15) is 5.10 Å². The zero-order valence-electron chi connectivity index (χ0n) is 14.3. The van der Waals surface area contributed by atoms with Gasteiger partial charge in [0, 0.05) is 45.0 Å². The van der Waals surface area contributed by atoms with Gasteiger partial charge in [0.05, 0.1) is 12.1 Å². The molecule has 1 fully saturated rings. The summed E-state index contributed by atoms with van der Waals surface area (Å²) < 4.78 is 7.41. The van der Waals surface area contributed by atoms with Crippen LogP contribution in [0.1, 0.15) is 34.2 Å². The lowest BCUT2D eigenvalue weighted by Crippen LogP contribution is -2.32. The van der Waals surface area contributed by atoms with E-state index in [1.807, 2.05) is 6.92 Å². The number of amides is 2. The molecule has 1 unspecified atom stereocenters. The minimum Gasteiger partial charge on any atom is -0.472 e. The van der Waals surface area contributed by atoms with Crippen molar-refractivity contribution in [2.75, 3.05) is 19.6 Å². The fraction of sp³-hybridized carbons (Fsp3) is 0.412. The quantitative estimate of drug-likeness (QED) is 0.870. The van der Waals surface area contributed by atoms with Crippen molar-refractivity contribution in [3.63, 3.8) is 0 Å². The molecule has 0 saturated carbocycles. The Morgan fingerprint density at radius 2 is 2.20 bits per heavy atom. The van der Waals surface area contributed by atoms with E-state index in [1.54, 1.807) is 41.0 Å². The third-order valence-electron chi connectivity index (χ3n) is 4.10. The molecule has 8 heteroatoms. The minimum atomic E-state index is -0.157. The molecule has 0 radical (unpaired) electrons. The van der Waals surface area contributed by atoms with Gasteiger partial charge in [0.2, 0.25) is 5.88 Å². The number of rotatable bonds is 5. The number of aromatic nitrogens is 3. The van der Waals surface area contributed by atoms with Crippen molar-refractivity contribution in [1.29, 1.82) is 0 Å². The van der Waals surface area contributed by atoms with E-state index in [-0.39, 0.29) is 17.9 Å². The predicted molar refractivity (Wildman–Crippen MR) is 90.4 cm³/mol. The van der Waals surface area contributed by atoms with E-state index in [2.05, 4.69) is 15.4 Å². The molecule has 2 aromatic rings. The average molecular weight is 343 g/mol. The second-order valence-electron chi connectivity index (χ2n) is 5.86. The summed E-state index contributed by atoms with van der Waals surface area (Å²) in [5.41, 5.74) is 1.05. The lowest BCUT2D eigenvalue weighted by atomic mass is 10.2. The molecular formula is C17H21N5O3. The fourth-order valence-corrected chi connectivity index (χ4v) is 2.77. The predicted octanol–water partition coefficient (Wildman–Crippen LogP) is 0.858. The third-order valence-corrected chi connectivity index (χ3v) is 4.10. The van der Waals surface area contributed by atoms with Crippen LogP contribution >= 0.6 is 0 Å². The Morgan fingerprint density at radius 3 is 2.84 bits per heavy atom. The van der Waals surface area contributed by atoms with Gasteiger partial charge in [0.1, 0.15) is 11.8 Å². The Labute approximate surface area is 145 Å². The molecule has 0 spiro atoms. The van der Waals surface area contributed by atoms with E-state index in [0.717, 1.165) is 6.42 Å². The number of hydrogen-bond donors (Lipinski definition) is 1. The number of hydrogen-bond acceptors (Lipinski definition) is 5. The Bertz CT molecular complexity index is 756. The summed E-state index contributed by atoms with van der Waals surface area (Å²) in [5.74, 6) is 0.244. The van der Waals surface area contributed by atoms with Gasteiger partial charge >= 0.3 is 0 Å². The van der Waals surface area contributed by atoms with E-state index in [4.69, 9.17) is 4.74 Å². The summed E-state index contributed by atoms with van der Waals surface area (Å²) >= 11 is 0. The third kappa shape index (κ3) is 3.78. The number of pyridine rings is 1. The highest BCUT2D eigenvalue weighted by Gasteiger charge is 2.29. The van der Waals surface area contributed by atoms with Crippen LogP contribution in [-0.4, -0.2) is 57.2 Å². The van der Waals surface area contributed by atoms with Crippen molar-refractivity contribution in [2.45, 2.75) is 19.4 Å². The monoisotopic (exact) mass is 343 g/mol. The number of carbonyl (C=O) groups excluding carboxylic acids is 2. The van der Waals surface area contributed by atoms with Crippen molar-refractivity contribution in [3.05, 3.63) is 41.9 Å². The van der Waals surface area contributed by atoms with Gasteiger partial charge < -0.3 is 15.0 Å². The molecule has 0 aromatic carbocycles. The van der Waals surface area contributed by atoms with Crippen molar-refractivity contribution in [2.24, 2.45) is 7.05 Å². The van der Waals surface area contributed by atoms with Gasteiger partial charge in [-0.3, -0.25) is 14.3 Å². The zero-order valence-corrected chi connectivity index (χ0v) is 14.3. The Balaban J connectivity index is 1.57. The molecule has 25 heavy (non-hydrogen) atoms. The molecule has 1 saturated heterocycles. The zero-order chi connectivity index (χ0) is 17.8. The van der Waals surface area contributed by atoms with Gasteiger partial charge in [-0.1, -0.05) is 0 Å². The fourth-order valence-electron chi connectivity index (χ4n) is 2.77. The van der Waals surface area contributed by atoms with E-state index in [0.29, 0.717) is 36.8 Å². The maximum Gasteiger partial charge on any atom is 0.272 e. The number of likely N-dealkylation sites (tertiary alicyclic amines) is 1. The van der Waals surface area contributed by atoms with Crippen molar-refractivity contribution >= 4 is 11.8 Å². The molecule has 1 N–H and O–H groups in total. The number of carbonyl (C=O) groups is 2. The van der Waals surface area contributed by atoms with Gasteiger partial charge in [0.15, 0.2) is 0 Å². The first-order chi connectivity index (χ1) is 12.1. The maximum absolute atomic E-state index is 12.5. The highest BCUT2D eigenvalue weighted by atomic mass is 16.5. The van der Waals surface area contributed by atoms with Gasteiger partial charge in [-0.05, 0) is 19.1 Å². The summed E-state index contributed by atoms with van der Waals surface area (Å²) in [7, 11) is 1.75. The molecule has 3 rings (SSSR count). The Kier molecular flexibility index (Phi) is 4.97. The van der Waals surface area contributed by atoms with Crippen LogP contribution in [-0.2, 0) is 7.05 Å². The van der Waals surface area contributed by atoms with Crippen LogP contribution in [0.25, 0.3) is 0 Å². The summed E-state index contributed by atoms with van der Waals surface area (Å²) in [4.78, 5) is 30.1. The lowest BCUT2D eigenvalue weighted by molar-refractivity contribution is 0.0760. The average Bonchev–Trinajstić information content (AvgIpc) is 3.24. The minimum absolute atomic E-state index is 0.0503. The standard InChI is InChI=1S/C17H21N5O3/c1-3-18-16(23)12-4-5-15(19-10-12)25-13-7-9-22(11-13)17(24)14-6-8-20-21(14)2/h4-6,8,10,13H,3,7,9,11H2,1-2H3,(H,18,23). The summed E-state index contributed by atoms with van der Waals surface area (Å²) in [6.45, 7) is 3.57. The summed E-state index contributed by atoms with van der Waals surface area (Å²) in [5, 5.41) is 6.75. The maximum atomic E-state index is 12.5. The molecule has 132 valence electrons. The first-order valence-electron chi connectivity index (χ1n) is 8.26. The van der Waals surface area contributed by atoms with E-state index in [9.17, 15) is 9.59 Å². The molecule has 0 aliphatic carbocycles. The number of nitrogens with one attached hydrogen (secondary N) is 1. The van der Waals surface area contributed by atoms with Gasteiger partial charge in [0.25, 0.3) is 11.8 Å². The molecule has 2 amide bonds. The topological polar surface area (TPSA) is 89.4 Å². The molecular weight excluding hydrogens is 322 g/mol. The van der Waals surface area contributed by atoms with Crippen LogP contribution < -0.4 is 10.1 Å². The van der Waals surface area contributed by atoms with Crippen LogP contribution in [0.3, 0.4) is 0 Å². The van der Waals surface area contributed by atoms with Crippen LogP contribution in [0.15, 0.2) is 30.6 Å². The molecule has 0 bridgehead atoms. The molecule has 1 aliphatic heterocycles. The van der Waals surface area contributed by atoms with Crippen LogP contribution in [0, 0.1) is 0 Å². The Hall–Kier alpha value is -2.90. The second-order valence-corrected chi connectivity index (χ2v) is 5.86. The molecule has 1 atom stereocenters. The molecule has 8 nitrogen and oxygen atoms in total. The second kappa shape index (κ2) is 7.33. The van der Waals surface area contributed by atoms with Gasteiger partial charge in [-0.25, -0.2) is 4.98 Å². The number of nitrogens with zero attached hydrogens (tertiary/aromatic N) is 4. The van der Waals surface area contributed by atoms with Crippen LogP contribution in [0.5, 0.6) is 5.88 Å². The molecule has 1 aliphatic rings. The van der Waals surface area contributed by atoms with E-state index < -0.39 is 0 Å². The molecule has 3 heterocycles. The van der Waals surface area contributed by atoms with E-state index in [1.165, 1.54) is 6.20 Å². The largest absolute Gasteiger partial charge is 0.472 e. The SMILES string of the molecule is CCNC(=O)c1ccc(OC2CCN(C(=O)c3ccnn3C)C2)nc1. The lowest BCUT2D eigenvalue weighted by Gasteiger charge is -2.17. The highest BCUT2D eigenvalue weighted by Crippen LogP contribution is 2.18. The summed E-state index contributed by atoms with van der Waals surface area (Å²) in [6.07, 6.45) is 3.73. The van der Waals surface area contributed by atoms with Gasteiger partial charge in [-0.15, -0.1) is 0 Å². The first kappa shape index (κ1) is 16.9. The first-order valence-corrected chi connectivity index (χ1v) is 8.26. The normalized spacial score (nSPS) is 16.7. The number of ether oxygens (including phenoxy) is 1. The van der Waals surface area contributed by atoms with Crippen LogP contribution in [0.4, 0.5) is 0 Å². The van der Waals surface area contributed by atoms with Crippen molar-refractivity contribution in [1.82, 2.24) is 25.0 Å². The van der Waals surface area contributed by atoms with E-state index >= 15 is 0 Å². The summed E-state index contributed by atoms with van der Waals surface area (Å²) in [6, 6.07) is 5.06. The Morgan fingerprint density at radius 1 is 1.36 bits per heavy atom.